The van der Waals surface area contributed by atoms with Crippen molar-refractivity contribution >= 4 is 22.5 Å². The summed E-state index contributed by atoms with van der Waals surface area (Å²) in [5, 5.41) is 7.92. The lowest BCUT2D eigenvalue weighted by atomic mass is 10.1. The molecule has 5 heteroatoms. The Hall–Kier alpha value is -1.91. The molecule has 0 amide bonds. The predicted octanol–water partition coefficient (Wildman–Crippen LogP) is 1.24. The minimum Gasteiger partial charge on any atom is -0.397 e. The number of rotatable bonds is 2. The molecule has 0 bridgehead atoms. The lowest BCUT2D eigenvalue weighted by Crippen LogP contribution is -1.99. The highest BCUT2D eigenvalue weighted by molar-refractivity contribution is 6.00. The molecule has 2 aromatic rings. The van der Waals surface area contributed by atoms with Crippen LogP contribution in [0.2, 0.25) is 0 Å². The number of aromatic nitrogens is 3. The smallest absolute Gasteiger partial charge is 0.159 e. The van der Waals surface area contributed by atoms with Gasteiger partial charge in [-0.2, -0.15) is 0 Å². The molecular weight excluding hydrogens is 192 g/mol. The molecule has 2 N–H and O–H groups in total. The van der Waals surface area contributed by atoms with Gasteiger partial charge in [-0.05, 0) is 26.0 Å². The van der Waals surface area contributed by atoms with E-state index in [1.807, 2.05) is 6.92 Å². The third-order valence-corrected chi connectivity index (χ3v) is 2.36. The Kier molecular flexibility index (Phi) is 2.15. The largest absolute Gasteiger partial charge is 0.397 e. The Labute approximate surface area is 86.9 Å². The van der Waals surface area contributed by atoms with E-state index in [1.54, 1.807) is 16.8 Å². The molecule has 0 aliphatic heterocycles. The van der Waals surface area contributed by atoms with Crippen LogP contribution in [0.1, 0.15) is 24.2 Å². The van der Waals surface area contributed by atoms with E-state index in [0.29, 0.717) is 23.3 Å². The predicted molar refractivity (Wildman–Crippen MR) is 57.6 cm³/mol. The van der Waals surface area contributed by atoms with Crippen molar-refractivity contribution in [1.82, 2.24) is 15.0 Å². The van der Waals surface area contributed by atoms with Gasteiger partial charge in [-0.15, -0.1) is 5.10 Å². The van der Waals surface area contributed by atoms with Crippen molar-refractivity contribution in [2.24, 2.45) is 0 Å². The van der Waals surface area contributed by atoms with Gasteiger partial charge in [0.2, 0.25) is 0 Å². The van der Waals surface area contributed by atoms with Crippen LogP contribution in [-0.2, 0) is 6.54 Å². The third kappa shape index (κ3) is 1.45. The maximum atomic E-state index is 11.3. The molecule has 0 atom stereocenters. The fraction of sp³-hybridized carbons (Fsp3) is 0.300. The monoisotopic (exact) mass is 204 g/mol. The Morgan fingerprint density at radius 1 is 1.53 bits per heavy atom. The normalized spacial score (nSPS) is 10.8. The number of aryl methyl sites for hydroxylation is 1. The van der Waals surface area contributed by atoms with E-state index in [2.05, 4.69) is 10.3 Å². The summed E-state index contributed by atoms with van der Waals surface area (Å²) in [4.78, 5) is 11.3. The van der Waals surface area contributed by atoms with Crippen LogP contribution in [0.3, 0.4) is 0 Å². The molecule has 0 aliphatic rings. The lowest BCUT2D eigenvalue weighted by molar-refractivity contribution is 0.101. The maximum Gasteiger partial charge on any atom is 0.159 e. The van der Waals surface area contributed by atoms with E-state index in [0.717, 1.165) is 5.52 Å². The summed E-state index contributed by atoms with van der Waals surface area (Å²) in [6, 6.07) is 3.41. The highest BCUT2D eigenvalue weighted by Crippen LogP contribution is 2.21. The molecule has 5 nitrogen and oxygen atoms in total. The van der Waals surface area contributed by atoms with Gasteiger partial charge in [0.25, 0.3) is 0 Å². The number of nitrogen functional groups attached to an aromatic ring is 1. The van der Waals surface area contributed by atoms with Crippen LogP contribution >= 0.6 is 0 Å². The van der Waals surface area contributed by atoms with Crippen LogP contribution in [0.4, 0.5) is 5.69 Å². The van der Waals surface area contributed by atoms with Gasteiger partial charge in [0.15, 0.2) is 5.78 Å². The van der Waals surface area contributed by atoms with E-state index >= 15 is 0 Å². The molecule has 0 saturated carbocycles. The molecule has 1 heterocycles. The van der Waals surface area contributed by atoms with Gasteiger partial charge in [0.05, 0.1) is 11.2 Å². The molecule has 0 saturated heterocycles. The molecule has 1 aromatic heterocycles. The Morgan fingerprint density at radius 2 is 2.27 bits per heavy atom. The van der Waals surface area contributed by atoms with E-state index in [4.69, 9.17) is 5.73 Å². The van der Waals surface area contributed by atoms with Crippen LogP contribution in [-0.4, -0.2) is 20.8 Å². The fourth-order valence-corrected chi connectivity index (χ4v) is 1.53. The molecule has 15 heavy (non-hydrogen) atoms. The minimum absolute atomic E-state index is 0.00699. The van der Waals surface area contributed by atoms with Gasteiger partial charge in [-0.3, -0.25) is 4.79 Å². The zero-order valence-electron chi connectivity index (χ0n) is 8.69. The number of ketones is 1. The summed E-state index contributed by atoms with van der Waals surface area (Å²) in [5.41, 5.74) is 8.35. The Bertz CT molecular complexity index is 529. The number of fused-ring (bicyclic) bond motifs is 1. The Morgan fingerprint density at radius 3 is 2.87 bits per heavy atom. The van der Waals surface area contributed by atoms with Crippen molar-refractivity contribution in [2.45, 2.75) is 20.4 Å². The first-order valence-corrected chi connectivity index (χ1v) is 4.77. The van der Waals surface area contributed by atoms with E-state index in [1.165, 1.54) is 6.92 Å². The van der Waals surface area contributed by atoms with Crippen molar-refractivity contribution in [2.75, 3.05) is 5.73 Å². The van der Waals surface area contributed by atoms with E-state index in [-0.39, 0.29) is 5.78 Å². The molecule has 0 aliphatic carbocycles. The summed E-state index contributed by atoms with van der Waals surface area (Å²) in [7, 11) is 0. The van der Waals surface area contributed by atoms with Crippen LogP contribution in [0.15, 0.2) is 12.1 Å². The highest BCUT2D eigenvalue weighted by Gasteiger charge is 2.10. The van der Waals surface area contributed by atoms with Crippen LogP contribution in [0.5, 0.6) is 0 Å². The number of benzene rings is 1. The molecule has 0 radical (unpaired) electrons. The second-order valence-electron chi connectivity index (χ2n) is 3.39. The number of nitrogens with two attached hydrogens (primary N) is 1. The molecule has 0 unspecified atom stereocenters. The number of Topliss-reactive ketones (excluding diaryl/α,β-unsaturated/α-hetero) is 1. The summed E-state index contributed by atoms with van der Waals surface area (Å²) in [5.74, 6) is -0.00699. The second-order valence-corrected chi connectivity index (χ2v) is 3.39. The van der Waals surface area contributed by atoms with Crippen molar-refractivity contribution in [3.05, 3.63) is 17.7 Å². The standard InChI is InChI=1S/C10H12N4O/c1-3-14-9-5-7(6(2)15)4-8(11)10(9)12-13-14/h4-5H,3,11H2,1-2H3. The molecule has 0 spiro atoms. The number of carbonyl (C=O) groups excluding carboxylic acids is 1. The lowest BCUT2D eigenvalue weighted by Gasteiger charge is -2.01. The number of nitrogens with zero attached hydrogens (tertiary/aromatic N) is 3. The maximum absolute atomic E-state index is 11.3. The molecule has 0 fully saturated rings. The topological polar surface area (TPSA) is 73.8 Å². The van der Waals surface area contributed by atoms with Crippen molar-refractivity contribution in [3.63, 3.8) is 0 Å². The third-order valence-electron chi connectivity index (χ3n) is 2.36. The first kappa shape index (κ1) is 9.64. The number of anilines is 1. The van der Waals surface area contributed by atoms with Gasteiger partial charge in [-0.1, -0.05) is 5.21 Å². The molecule has 1 aromatic carbocycles. The van der Waals surface area contributed by atoms with Gasteiger partial charge in [0.1, 0.15) is 5.52 Å². The zero-order chi connectivity index (χ0) is 11.0. The summed E-state index contributed by atoms with van der Waals surface area (Å²) >= 11 is 0. The fourth-order valence-electron chi connectivity index (χ4n) is 1.53. The molecule has 78 valence electrons. The van der Waals surface area contributed by atoms with Crippen LogP contribution in [0, 0.1) is 0 Å². The number of carbonyl (C=O) groups is 1. The number of hydrogen-bond acceptors (Lipinski definition) is 4. The minimum atomic E-state index is -0.00699. The van der Waals surface area contributed by atoms with Crippen LogP contribution in [0.25, 0.3) is 11.0 Å². The van der Waals surface area contributed by atoms with Crippen molar-refractivity contribution < 1.29 is 4.79 Å². The van der Waals surface area contributed by atoms with Crippen LogP contribution < -0.4 is 5.73 Å². The molecular formula is C10H12N4O. The summed E-state index contributed by atoms with van der Waals surface area (Å²) in [6.07, 6.45) is 0. The quantitative estimate of drug-likeness (QED) is 0.590. The molecule has 2 rings (SSSR count). The average molecular weight is 204 g/mol. The first-order chi connectivity index (χ1) is 7.13. The van der Waals surface area contributed by atoms with E-state index < -0.39 is 0 Å². The van der Waals surface area contributed by atoms with Gasteiger partial charge >= 0.3 is 0 Å². The van der Waals surface area contributed by atoms with Crippen molar-refractivity contribution in [1.29, 1.82) is 0 Å². The SMILES string of the molecule is CCn1nnc2c(N)cc(C(C)=O)cc21. The number of hydrogen-bond donors (Lipinski definition) is 1. The summed E-state index contributed by atoms with van der Waals surface area (Å²) in [6.45, 7) is 4.18. The average Bonchev–Trinajstić information content (AvgIpc) is 2.60. The first-order valence-electron chi connectivity index (χ1n) is 4.77. The highest BCUT2D eigenvalue weighted by atomic mass is 16.1. The zero-order valence-corrected chi connectivity index (χ0v) is 8.69. The van der Waals surface area contributed by atoms with E-state index in [9.17, 15) is 4.79 Å². The Balaban J connectivity index is 2.77. The second kappa shape index (κ2) is 3.34. The van der Waals surface area contributed by atoms with Gasteiger partial charge < -0.3 is 5.73 Å². The van der Waals surface area contributed by atoms with Gasteiger partial charge in [0, 0.05) is 12.1 Å². The van der Waals surface area contributed by atoms with Gasteiger partial charge in [-0.25, -0.2) is 4.68 Å². The summed E-state index contributed by atoms with van der Waals surface area (Å²) < 4.78 is 1.72. The van der Waals surface area contributed by atoms with Crippen molar-refractivity contribution in [3.8, 4) is 0 Å².